The van der Waals surface area contributed by atoms with Crippen molar-refractivity contribution >= 4 is 11.6 Å². The molecule has 0 saturated carbocycles. The number of carbonyl (C=O) groups is 1. The van der Waals surface area contributed by atoms with Crippen LogP contribution in [0.15, 0.2) is 24.3 Å². The molecule has 0 aliphatic carbocycles. The first-order valence-electron chi connectivity index (χ1n) is 6.09. The summed E-state index contributed by atoms with van der Waals surface area (Å²) in [6, 6.07) is 6.13. The van der Waals surface area contributed by atoms with Gasteiger partial charge in [-0.1, -0.05) is 6.92 Å². The Kier molecular flexibility index (Phi) is 6.05. The molecule has 1 amide bonds. The molecule has 1 rings (SSSR count). The van der Waals surface area contributed by atoms with Crippen molar-refractivity contribution in [3.8, 4) is 5.75 Å². The lowest BCUT2D eigenvalue weighted by Crippen LogP contribution is -2.36. The van der Waals surface area contributed by atoms with Gasteiger partial charge in [-0.25, -0.2) is 0 Å². The monoisotopic (exact) mass is 272 g/mol. The number of alkyl halides is 2. The van der Waals surface area contributed by atoms with E-state index in [4.69, 9.17) is 0 Å². The van der Waals surface area contributed by atoms with Crippen LogP contribution in [-0.4, -0.2) is 25.1 Å². The van der Waals surface area contributed by atoms with Crippen molar-refractivity contribution in [1.82, 2.24) is 5.32 Å². The number of ether oxygens (including phenoxy) is 1. The van der Waals surface area contributed by atoms with E-state index in [0.717, 1.165) is 6.42 Å². The normalized spacial score (nSPS) is 12.1. The largest absolute Gasteiger partial charge is 0.435 e. The molecule has 0 radical (unpaired) electrons. The molecule has 0 aromatic heterocycles. The maximum atomic E-state index is 11.9. The molecule has 0 saturated heterocycles. The Bertz CT molecular complexity index is 396. The molecule has 1 aromatic carbocycles. The molecule has 0 aliphatic rings. The molecule has 0 spiro atoms. The third kappa shape index (κ3) is 6.03. The fraction of sp³-hybridized carbons (Fsp3) is 0.462. The van der Waals surface area contributed by atoms with Crippen LogP contribution in [-0.2, 0) is 4.79 Å². The third-order valence-corrected chi connectivity index (χ3v) is 2.55. The maximum absolute atomic E-state index is 11.9. The van der Waals surface area contributed by atoms with E-state index >= 15 is 0 Å². The summed E-state index contributed by atoms with van der Waals surface area (Å²) in [4.78, 5) is 11.5. The molecule has 4 nitrogen and oxygen atoms in total. The van der Waals surface area contributed by atoms with Crippen molar-refractivity contribution in [1.29, 1.82) is 0 Å². The minimum absolute atomic E-state index is 0.0876. The number of hydrogen-bond donors (Lipinski definition) is 2. The van der Waals surface area contributed by atoms with E-state index in [9.17, 15) is 13.6 Å². The van der Waals surface area contributed by atoms with Gasteiger partial charge in [-0.3, -0.25) is 4.79 Å². The quantitative estimate of drug-likeness (QED) is 0.802. The van der Waals surface area contributed by atoms with E-state index in [-0.39, 0.29) is 24.2 Å². The molecule has 0 aliphatic heterocycles. The topological polar surface area (TPSA) is 50.4 Å². The van der Waals surface area contributed by atoms with Gasteiger partial charge in [-0.05, 0) is 37.6 Å². The van der Waals surface area contributed by atoms with Crippen LogP contribution in [0, 0.1) is 0 Å². The average Bonchev–Trinajstić information content (AvgIpc) is 2.37. The predicted octanol–water partition coefficient (Wildman–Crippen LogP) is 2.61. The van der Waals surface area contributed by atoms with Gasteiger partial charge >= 0.3 is 6.61 Å². The number of amides is 1. The zero-order chi connectivity index (χ0) is 14.3. The van der Waals surface area contributed by atoms with Gasteiger partial charge in [0.15, 0.2) is 0 Å². The minimum Gasteiger partial charge on any atom is -0.435 e. The van der Waals surface area contributed by atoms with Crippen LogP contribution < -0.4 is 15.4 Å². The van der Waals surface area contributed by atoms with E-state index < -0.39 is 6.61 Å². The molecule has 1 atom stereocenters. The second-order valence-electron chi connectivity index (χ2n) is 4.13. The van der Waals surface area contributed by atoms with E-state index in [1.165, 1.54) is 12.1 Å². The number of rotatable bonds is 7. The number of carbonyl (C=O) groups excluding carboxylic acids is 1. The lowest BCUT2D eigenvalue weighted by Gasteiger charge is -2.12. The highest BCUT2D eigenvalue weighted by atomic mass is 19.3. The highest BCUT2D eigenvalue weighted by molar-refractivity contribution is 5.80. The maximum Gasteiger partial charge on any atom is 0.387 e. The van der Waals surface area contributed by atoms with Crippen LogP contribution in [0.25, 0.3) is 0 Å². The smallest absolute Gasteiger partial charge is 0.387 e. The summed E-state index contributed by atoms with van der Waals surface area (Å²) in [7, 11) is 0. The summed E-state index contributed by atoms with van der Waals surface area (Å²) in [6.07, 6.45) is 0.866. The fourth-order valence-corrected chi connectivity index (χ4v) is 1.36. The van der Waals surface area contributed by atoms with Crippen molar-refractivity contribution in [3.63, 3.8) is 0 Å². The van der Waals surface area contributed by atoms with E-state index in [2.05, 4.69) is 15.4 Å². The Hall–Kier alpha value is -1.85. The molecular formula is C13H18F2N2O2. The molecule has 106 valence electrons. The number of hydrogen-bond acceptors (Lipinski definition) is 3. The van der Waals surface area contributed by atoms with Crippen molar-refractivity contribution in [3.05, 3.63) is 24.3 Å². The van der Waals surface area contributed by atoms with Crippen LogP contribution in [0.3, 0.4) is 0 Å². The summed E-state index contributed by atoms with van der Waals surface area (Å²) in [5.41, 5.74) is 0.668. The second kappa shape index (κ2) is 7.56. The van der Waals surface area contributed by atoms with Gasteiger partial charge < -0.3 is 15.4 Å². The van der Waals surface area contributed by atoms with Gasteiger partial charge in [0, 0.05) is 11.7 Å². The van der Waals surface area contributed by atoms with Gasteiger partial charge in [0.25, 0.3) is 0 Å². The summed E-state index contributed by atoms with van der Waals surface area (Å²) in [6.45, 7) is 1.22. The number of benzene rings is 1. The first kappa shape index (κ1) is 15.2. The zero-order valence-electron chi connectivity index (χ0n) is 11.0. The third-order valence-electron chi connectivity index (χ3n) is 2.55. The van der Waals surface area contributed by atoms with Crippen LogP contribution >= 0.6 is 0 Å². The molecule has 2 N–H and O–H groups in total. The lowest BCUT2D eigenvalue weighted by atomic mass is 10.2. The van der Waals surface area contributed by atoms with Crippen molar-refractivity contribution < 1.29 is 18.3 Å². The Balaban J connectivity index is 2.39. The summed E-state index contributed by atoms with van der Waals surface area (Å²) in [5, 5.41) is 5.71. The van der Waals surface area contributed by atoms with Crippen molar-refractivity contribution in [2.24, 2.45) is 0 Å². The first-order valence-corrected chi connectivity index (χ1v) is 6.09. The van der Waals surface area contributed by atoms with Gasteiger partial charge in [0.2, 0.25) is 5.91 Å². The Labute approximate surface area is 111 Å². The van der Waals surface area contributed by atoms with Crippen LogP contribution in [0.2, 0.25) is 0 Å². The number of nitrogens with one attached hydrogen (secondary N) is 2. The van der Waals surface area contributed by atoms with Crippen LogP contribution in [0.1, 0.15) is 20.3 Å². The Morgan fingerprint density at radius 2 is 1.95 bits per heavy atom. The summed E-state index contributed by atoms with van der Waals surface area (Å²) >= 11 is 0. The lowest BCUT2D eigenvalue weighted by molar-refractivity contribution is -0.120. The molecule has 19 heavy (non-hydrogen) atoms. The molecule has 1 unspecified atom stereocenters. The SMILES string of the molecule is CCC(C)NC(=O)CNc1ccc(OC(F)F)cc1. The van der Waals surface area contributed by atoms with Gasteiger partial charge in [-0.15, -0.1) is 0 Å². The average molecular weight is 272 g/mol. The van der Waals surface area contributed by atoms with Gasteiger partial charge in [0.1, 0.15) is 5.75 Å². The van der Waals surface area contributed by atoms with Gasteiger partial charge in [-0.2, -0.15) is 8.78 Å². The van der Waals surface area contributed by atoms with E-state index in [1.807, 2.05) is 13.8 Å². The Morgan fingerprint density at radius 1 is 1.32 bits per heavy atom. The van der Waals surface area contributed by atoms with Crippen molar-refractivity contribution in [2.75, 3.05) is 11.9 Å². The highest BCUT2D eigenvalue weighted by Gasteiger charge is 2.06. The molecule has 1 aromatic rings. The summed E-state index contributed by atoms with van der Waals surface area (Å²) in [5.74, 6) is -0.0214. The summed E-state index contributed by atoms with van der Waals surface area (Å²) < 4.78 is 28.1. The molecule has 0 fully saturated rings. The van der Waals surface area contributed by atoms with E-state index in [1.54, 1.807) is 12.1 Å². The zero-order valence-corrected chi connectivity index (χ0v) is 11.0. The molecule has 0 bridgehead atoms. The minimum atomic E-state index is -2.83. The number of anilines is 1. The Morgan fingerprint density at radius 3 is 2.47 bits per heavy atom. The molecule has 6 heteroatoms. The molecule has 0 heterocycles. The van der Waals surface area contributed by atoms with Crippen molar-refractivity contribution in [2.45, 2.75) is 32.9 Å². The second-order valence-corrected chi connectivity index (χ2v) is 4.13. The van der Waals surface area contributed by atoms with Crippen LogP contribution in [0.5, 0.6) is 5.75 Å². The standard InChI is InChI=1S/C13H18F2N2O2/c1-3-9(2)17-12(18)8-16-10-4-6-11(7-5-10)19-13(14)15/h4-7,9,13,16H,3,8H2,1-2H3,(H,17,18). The number of halogens is 2. The molecular weight excluding hydrogens is 254 g/mol. The fourth-order valence-electron chi connectivity index (χ4n) is 1.36. The first-order chi connectivity index (χ1) is 9.01. The predicted molar refractivity (Wildman–Crippen MR) is 69.5 cm³/mol. The highest BCUT2D eigenvalue weighted by Crippen LogP contribution is 2.17. The van der Waals surface area contributed by atoms with E-state index in [0.29, 0.717) is 5.69 Å². The van der Waals surface area contributed by atoms with Gasteiger partial charge in [0.05, 0.1) is 6.54 Å². The van der Waals surface area contributed by atoms with Crippen LogP contribution in [0.4, 0.5) is 14.5 Å².